The summed E-state index contributed by atoms with van der Waals surface area (Å²) in [5, 5.41) is 0.659. The SMILES string of the molecule is COc1ccc(Cl)cc1C(NN)c1cc(C)ccc1C. The average molecular weight is 291 g/mol. The van der Waals surface area contributed by atoms with Gasteiger partial charge in [0.2, 0.25) is 0 Å². The quantitative estimate of drug-likeness (QED) is 0.669. The molecule has 0 saturated heterocycles. The van der Waals surface area contributed by atoms with Gasteiger partial charge in [0.1, 0.15) is 5.75 Å². The lowest BCUT2D eigenvalue weighted by atomic mass is 9.93. The van der Waals surface area contributed by atoms with Gasteiger partial charge in [-0.05, 0) is 43.2 Å². The number of aryl methyl sites for hydroxylation is 2. The highest BCUT2D eigenvalue weighted by atomic mass is 35.5. The first-order valence-electron chi connectivity index (χ1n) is 6.43. The summed E-state index contributed by atoms with van der Waals surface area (Å²) in [7, 11) is 1.64. The number of rotatable bonds is 4. The van der Waals surface area contributed by atoms with Crippen LogP contribution in [0.4, 0.5) is 0 Å². The van der Waals surface area contributed by atoms with E-state index in [0.29, 0.717) is 5.02 Å². The van der Waals surface area contributed by atoms with Crippen LogP contribution in [-0.4, -0.2) is 7.11 Å². The summed E-state index contributed by atoms with van der Waals surface area (Å²) in [4.78, 5) is 0. The molecule has 106 valence electrons. The predicted molar refractivity (Wildman–Crippen MR) is 83.1 cm³/mol. The molecule has 0 spiro atoms. The van der Waals surface area contributed by atoms with Crippen LogP contribution >= 0.6 is 11.6 Å². The molecule has 0 amide bonds. The van der Waals surface area contributed by atoms with Crippen LogP contribution in [0.15, 0.2) is 36.4 Å². The van der Waals surface area contributed by atoms with Gasteiger partial charge in [0, 0.05) is 10.6 Å². The van der Waals surface area contributed by atoms with E-state index in [-0.39, 0.29) is 6.04 Å². The van der Waals surface area contributed by atoms with Gasteiger partial charge in [-0.3, -0.25) is 5.84 Å². The Labute approximate surface area is 124 Å². The Balaban J connectivity index is 2.57. The van der Waals surface area contributed by atoms with Crippen LogP contribution < -0.4 is 16.0 Å². The molecule has 3 nitrogen and oxygen atoms in total. The minimum absolute atomic E-state index is 0.163. The van der Waals surface area contributed by atoms with Crippen LogP contribution in [0.5, 0.6) is 5.75 Å². The molecule has 0 saturated carbocycles. The summed E-state index contributed by atoms with van der Waals surface area (Å²) in [5.41, 5.74) is 7.27. The topological polar surface area (TPSA) is 47.3 Å². The van der Waals surface area contributed by atoms with Gasteiger partial charge in [-0.15, -0.1) is 0 Å². The summed E-state index contributed by atoms with van der Waals surface area (Å²) in [6, 6.07) is 11.7. The van der Waals surface area contributed by atoms with Crippen molar-refractivity contribution in [3.63, 3.8) is 0 Å². The van der Waals surface area contributed by atoms with Crippen molar-refractivity contribution < 1.29 is 4.74 Å². The maximum atomic E-state index is 6.11. The molecule has 0 aliphatic carbocycles. The number of benzene rings is 2. The molecule has 0 heterocycles. The first-order valence-corrected chi connectivity index (χ1v) is 6.81. The number of nitrogens with one attached hydrogen (secondary N) is 1. The third-order valence-electron chi connectivity index (χ3n) is 3.42. The number of nitrogens with two attached hydrogens (primary N) is 1. The number of hydrazine groups is 1. The molecule has 1 unspecified atom stereocenters. The van der Waals surface area contributed by atoms with Gasteiger partial charge in [0.05, 0.1) is 13.2 Å². The van der Waals surface area contributed by atoms with Crippen LogP contribution in [0.2, 0.25) is 5.02 Å². The standard InChI is InChI=1S/C16H19ClN2O/c1-10-4-5-11(2)13(8-10)16(19-18)14-9-12(17)6-7-15(14)20-3/h4-9,16,19H,18H2,1-3H3. The van der Waals surface area contributed by atoms with Gasteiger partial charge < -0.3 is 4.74 Å². The molecule has 0 radical (unpaired) electrons. The fourth-order valence-corrected chi connectivity index (χ4v) is 2.53. The van der Waals surface area contributed by atoms with Crippen molar-refractivity contribution in [2.24, 2.45) is 5.84 Å². The summed E-state index contributed by atoms with van der Waals surface area (Å²) in [6.45, 7) is 4.13. The van der Waals surface area contributed by atoms with Gasteiger partial charge in [-0.25, -0.2) is 5.43 Å². The van der Waals surface area contributed by atoms with Gasteiger partial charge in [0.25, 0.3) is 0 Å². The van der Waals surface area contributed by atoms with Crippen LogP contribution in [-0.2, 0) is 0 Å². The van der Waals surface area contributed by atoms with Gasteiger partial charge in [-0.1, -0.05) is 35.4 Å². The molecule has 2 aromatic rings. The number of methoxy groups -OCH3 is 1. The van der Waals surface area contributed by atoms with E-state index >= 15 is 0 Å². The predicted octanol–water partition coefficient (Wildman–Crippen LogP) is 3.52. The normalized spacial score (nSPS) is 12.2. The third kappa shape index (κ3) is 2.96. The fourth-order valence-electron chi connectivity index (χ4n) is 2.35. The Morgan fingerprint density at radius 2 is 1.85 bits per heavy atom. The van der Waals surface area contributed by atoms with Crippen molar-refractivity contribution >= 4 is 11.6 Å². The fraction of sp³-hybridized carbons (Fsp3) is 0.250. The van der Waals surface area contributed by atoms with Crippen molar-refractivity contribution in [3.8, 4) is 5.75 Å². The summed E-state index contributed by atoms with van der Waals surface area (Å²) in [6.07, 6.45) is 0. The van der Waals surface area contributed by atoms with E-state index in [9.17, 15) is 0 Å². The smallest absolute Gasteiger partial charge is 0.124 e. The molecular formula is C16H19ClN2O. The second kappa shape index (κ2) is 6.27. The van der Waals surface area contributed by atoms with Crippen molar-refractivity contribution in [1.29, 1.82) is 0 Å². The number of halogens is 1. The highest BCUT2D eigenvalue weighted by Gasteiger charge is 2.19. The largest absolute Gasteiger partial charge is 0.496 e. The molecular weight excluding hydrogens is 272 g/mol. The molecule has 0 aliphatic heterocycles. The maximum Gasteiger partial charge on any atom is 0.124 e. The van der Waals surface area contributed by atoms with Crippen LogP contribution in [0.25, 0.3) is 0 Å². The lowest BCUT2D eigenvalue weighted by Gasteiger charge is -2.22. The zero-order chi connectivity index (χ0) is 14.7. The minimum Gasteiger partial charge on any atom is -0.496 e. The molecule has 1 atom stereocenters. The Kier molecular flexibility index (Phi) is 4.65. The molecule has 4 heteroatoms. The highest BCUT2D eigenvalue weighted by molar-refractivity contribution is 6.30. The number of hydrogen-bond donors (Lipinski definition) is 2. The Hall–Kier alpha value is -1.55. The van der Waals surface area contributed by atoms with E-state index < -0.39 is 0 Å². The van der Waals surface area contributed by atoms with Gasteiger partial charge in [-0.2, -0.15) is 0 Å². The molecule has 0 aromatic heterocycles. The van der Waals surface area contributed by atoms with Crippen molar-refractivity contribution in [2.45, 2.75) is 19.9 Å². The number of ether oxygens (including phenoxy) is 1. The van der Waals surface area contributed by atoms with E-state index in [1.165, 1.54) is 11.1 Å². The second-order valence-electron chi connectivity index (χ2n) is 4.85. The van der Waals surface area contributed by atoms with Gasteiger partial charge in [0.15, 0.2) is 0 Å². The zero-order valence-electron chi connectivity index (χ0n) is 11.9. The van der Waals surface area contributed by atoms with Crippen LogP contribution in [0, 0.1) is 13.8 Å². The Bertz CT molecular complexity index is 613. The molecule has 3 N–H and O–H groups in total. The molecule has 0 fully saturated rings. The minimum atomic E-state index is -0.163. The highest BCUT2D eigenvalue weighted by Crippen LogP contribution is 2.33. The van der Waals surface area contributed by atoms with Crippen LogP contribution in [0.3, 0.4) is 0 Å². The Morgan fingerprint density at radius 1 is 1.10 bits per heavy atom. The summed E-state index contributed by atoms with van der Waals surface area (Å²) in [5.74, 6) is 6.54. The first-order chi connectivity index (χ1) is 9.56. The lowest BCUT2D eigenvalue weighted by molar-refractivity contribution is 0.404. The van der Waals surface area contributed by atoms with E-state index in [1.54, 1.807) is 13.2 Å². The Morgan fingerprint density at radius 3 is 2.50 bits per heavy atom. The second-order valence-corrected chi connectivity index (χ2v) is 5.28. The van der Waals surface area contributed by atoms with Crippen molar-refractivity contribution in [3.05, 3.63) is 63.7 Å². The molecule has 2 rings (SSSR count). The van der Waals surface area contributed by atoms with E-state index in [0.717, 1.165) is 16.9 Å². The van der Waals surface area contributed by atoms with Crippen LogP contribution in [0.1, 0.15) is 28.3 Å². The third-order valence-corrected chi connectivity index (χ3v) is 3.65. The summed E-state index contributed by atoms with van der Waals surface area (Å²) < 4.78 is 5.42. The number of hydrogen-bond acceptors (Lipinski definition) is 3. The van der Waals surface area contributed by atoms with E-state index in [2.05, 4.69) is 37.5 Å². The monoisotopic (exact) mass is 290 g/mol. The van der Waals surface area contributed by atoms with E-state index in [4.69, 9.17) is 22.2 Å². The summed E-state index contributed by atoms with van der Waals surface area (Å²) >= 11 is 6.11. The molecule has 2 aromatic carbocycles. The van der Waals surface area contributed by atoms with Gasteiger partial charge >= 0.3 is 0 Å². The zero-order valence-corrected chi connectivity index (χ0v) is 12.7. The van der Waals surface area contributed by atoms with Crippen molar-refractivity contribution in [2.75, 3.05) is 7.11 Å². The maximum absolute atomic E-state index is 6.11. The molecule has 0 aliphatic rings. The van der Waals surface area contributed by atoms with Crippen molar-refractivity contribution in [1.82, 2.24) is 5.43 Å². The first kappa shape index (κ1) is 14.9. The van der Waals surface area contributed by atoms with E-state index in [1.807, 2.05) is 12.1 Å². The lowest BCUT2D eigenvalue weighted by Crippen LogP contribution is -2.29. The molecule has 20 heavy (non-hydrogen) atoms. The molecule has 0 bridgehead atoms. The average Bonchev–Trinajstić information content (AvgIpc) is 2.44.